The van der Waals surface area contributed by atoms with Crippen molar-refractivity contribution in [1.82, 2.24) is 10.6 Å². The quantitative estimate of drug-likeness (QED) is 0.650. The standard InChI is InChI=1S/C18H28N2O3/c1-4-6-12-16(21)19-18(20-17(22)13-7-5-2)14-10-8-9-11-15(14)23-3/h8-11,18H,4-7,12-13H2,1-3H3,(H,19,21)(H,20,22). The van der Waals surface area contributed by atoms with E-state index < -0.39 is 6.17 Å². The summed E-state index contributed by atoms with van der Waals surface area (Å²) in [5.74, 6) is 0.501. The Morgan fingerprint density at radius 1 is 1.00 bits per heavy atom. The summed E-state index contributed by atoms with van der Waals surface area (Å²) in [5, 5.41) is 5.80. The molecule has 0 saturated heterocycles. The number of rotatable bonds is 10. The highest BCUT2D eigenvalue weighted by atomic mass is 16.5. The highest BCUT2D eigenvalue weighted by molar-refractivity contribution is 5.79. The molecule has 0 aliphatic rings. The average Bonchev–Trinajstić information content (AvgIpc) is 2.57. The maximum atomic E-state index is 12.1. The maximum Gasteiger partial charge on any atom is 0.221 e. The van der Waals surface area contributed by atoms with E-state index in [1.165, 1.54) is 0 Å². The Hall–Kier alpha value is -2.04. The largest absolute Gasteiger partial charge is 0.496 e. The van der Waals surface area contributed by atoms with Crippen LogP contribution in [0.25, 0.3) is 0 Å². The molecule has 5 nitrogen and oxygen atoms in total. The van der Waals surface area contributed by atoms with Gasteiger partial charge in [0.2, 0.25) is 11.8 Å². The normalized spacial score (nSPS) is 10.4. The molecule has 2 N–H and O–H groups in total. The van der Waals surface area contributed by atoms with Gasteiger partial charge in [-0.1, -0.05) is 44.9 Å². The minimum Gasteiger partial charge on any atom is -0.496 e. The minimum atomic E-state index is -0.570. The monoisotopic (exact) mass is 320 g/mol. The van der Waals surface area contributed by atoms with Gasteiger partial charge in [-0.2, -0.15) is 0 Å². The van der Waals surface area contributed by atoms with Gasteiger partial charge in [0.1, 0.15) is 11.9 Å². The van der Waals surface area contributed by atoms with Crippen molar-refractivity contribution in [2.45, 2.75) is 58.5 Å². The summed E-state index contributed by atoms with van der Waals surface area (Å²) in [7, 11) is 1.58. The Kier molecular flexibility index (Phi) is 8.80. The number of hydrogen-bond donors (Lipinski definition) is 2. The Morgan fingerprint density at radius 2 is 1.52 bits per heavy atom. The summed E-state index contributed by atoms with van der Waals surface area (Å²) < 4.78 is 5.35. The van der Waals surface area contributed by atoms with Gasteiger partial charge in [-0.15, -0.1) is 0 Å². The predicted molar refractivity (Wildman–Crippen MR) is 91.1 cm³/mol. The van der Waals surface area contributed by atoms with E-state index >= 15 is 0 Å². The van der Waals surface area contributed by atoms with Gasteiger partial charge < -0.3 is 15.4 Å². The zero-order chi connectivity index (χ0) is 17.1. The van der Waals surface area contributed by atoms with Crippen LogP contribution in [0.15, 0.2) is 24.3 Å². The average molecular weight is 320 g/mol. The van der Waals surface area contributed by atoms with Crippen molar-refractivity contribution >= 4 is 11.8 Å². The second-order valence-electron chi connectivity index (χ2n) is 5.52. The third-order valence-corrected chi connectivity index (χ3v) is 3.58. The third-order valence-electron chi connectivity index (χ3n) is 3.58. The molecule has 1 aromatic rings. The van der Waals surface area contributed by atoms with Gasteiger partial charge in [-0.05, 0) is 18.9 Å². The summed E-state index contributed by atoms with van der Waals surface area (Å²) in [4.78, 5) is 24.2. The van der Waals surface area contributed by atoms with E-state index in [2.05, 4.69) is 10.6 Å². The second-order valence-corrected chi connectivity index (χ2v) is 5.52. The molecule has 0 bridgehead atoms. The molecule has 0 spiro atoms. The predicted octanol–water partition coefficient (Wildman–Crippen LogP) is 3.31. The minimum absolute atomic E-state index is 0.0708. The lowest BCUT2D eigenvalue weighted by atomic mass is 10.1. The second kappa shape index (κ2) is 10.6. The molecule has 0 aliphatic carbocycles. The topological polar surface area (TPSA) is 67.4 Å². The molecule has 1 rings (SSSR count). The number of unbranched alkanes of at least 4 members (excludes halogenated alkanes) is 2. The molecule has 0 heterocycles. The van der Waals surface area contributed by atoms with Crippen LogP contribution in [-0.4, -0.2) is 18.9 Å². The van der Waals surface area contributed by atoms with Crippen molar-refractivity contribution in [3.8, 4) is 5.75 Å². The van der Waals surface area contributed by atoms with Crippen LogP contribution in [0.2, 0.25) is 0 Å². The molecule has 2 amide bonds. The van der Waals surface area contributed by atoms with Gasteiger partial charge >= 0.3 is 0 Å². The fourth-order valence-corrected chi connectivity index (χ4v) is 2.24. The first-order chi connectivity index (χ1) is 11.1. The van der Waals surface area contributed by atoms with Crippen molar-refractivity contribution in [3.63, 3.8) is 0 Å². The summed E-state index contributed by atoms with van der Waals surface area (Å²) in [5.41, 5.74) is 0.754. The van der Waals surface area contributed by atoms with Crippen LogP contribution in [0.4, 0.5) is 0 Å². The number of hydrogen-bond acceptors (Lipinski definition) is 3. The first-order valence-corrected chi connectivity index (χ1v) is 8.34. The molecule has 128 valence electrons. The highest BCUT2D eigenvalue weighted by Crippen LogP contribution is 2.23. The number of amides is 2. The lowest BCUT2D eigenvalue weighted by Gasteiger charge is -2.22. The van der Waals surface area contributed by atoms with Crippen LogP contribution in [0, 0.1) is 0 Å². The van der Waals surface area contributed by atoms with E-state index in [9.17, 15) is 9.59 Å². The van der Waals surface area contributed by atoms with Crippen molar-refractivity contribution in [1.29, 1.82) is 0 Å². The Labute approximate surface area is 138 Å². The van der Waals surface area contributed by atoms with Crippen molar-refractivity contribution in [2.24, 2.45) is 0 Å². The molecule has 23 heavy (non-hydrogen) atoms. The van der Waals surface area contributed by atoms with E-state index in [0.717, 1.165) is 31.2 Å². The zero-order valence-corrected chi connectivity index (χ0v) is 14.4. The smallest absolute Gasteiger partial charge is 0.221 e. The SMILES string of the molecule is CCCCC(=O)NC(NC(=O)CCCC)c1ccccc1OC. The first kappa shape index (κ1) is 19.0. The summed E-state index contributed by atoms with van der Waals surface area (Å²) in [6.07, 6.45) is 3.90. The molecule has 0 unspecified atom stereocenters. The number of para-hydroxylation sites is 1. The Bertz CT molecular complexity index is 481. The van der Waals surface area contributed by atoms with Crippen LogP contribution in [0.3, 0.4) is 0 Å². The number of methoxy groups -OCH3 is 1. The molecule has 0 radical (unpaired) electrons. The number of carbonyl (C=O) groups excluding carboxylic acids is 2. The molecule has 0 saturated carbocycles. The van der Waals surface area contributed by atoms with Gasteiger partial charge in [0, 0.05) is 18.4 Å². The summed E-state index contributed by atoms with van der Waals surface area (Å²) in [6, 6.07) is 7.39. The van der Waals surface area contributed by atoms with Crippen molar-refractivity contribution < 1.29 is 14.3 Å². The maximum absolute atomic E-state index is 12.1. The summed E-state index contributed by atoms with van der Waals surface area (Å²) in [6.45, 7) is 4.08. The molecular formula is C18H28N2O3. The van der Waals surface area contributed by atoms with Gasteiger partial charge in [0.25, 0.3) is 0 Å². The first-order valence-electron chi connectivity index (χ1n) is 8.34. The zero-order valence-electron chi connectivity index (χ0n) is 14.4. The third kappa shape index (κ3) is 6.72. The Morgan fingerprint density at radius 3 is 2.00 bits per heavy atom. The van der Waals surface area contributed by atoms with Gasteiger partial charge in [-0.25, -0.2) is 0 Å². The van der Waals surface area contributed by atoms with Crippen LogP contribution < -0.4 is 15.4 Å². The van der Waals surface area contributed by atoms with E-state index in [-0.39, 0.29) is 11.8 Å². The molecule has 5 heteroatoms. The molecule has 0 atom stereocenters. The lowest BCUT2D eigenvalue weighted by molar-refractivity contribution is -0.124. The van der Waals surface area contributed by atoms with E-state index in [4.69, 9.17) is 4.74 Å². The van der Waals surface area contributed by atoms with Crippen molar-refractivity contribution in [3.05, 3.63) is 29.8 Å². The van der Waals surface area contributed by atoms with E-state index in [1.54, 1.807) is 7.11 Å². The molecule has 1 aromatic carbocycles. The van der Waals surface area contributed by atoms with Crippen LogP contribution in [-0.2, 0) is 9.59 Å². The van der Waals surface area contributed by atoms with Crippen LogP contribution in [0.5, 0.6) is 5.75 Å². The van der Waals surface area contributed by atoms with Crippen LogP contribution >= 0.6 is 0 Å². The number of carbonyl (C=O) groups is 2. The van der Waals surface area contributed by atoms with E-state index in [1.807, 2.05) is 38.1 Å². The highest BCUT2D eigenvalue weighted by Gasteiger charge is 2.19. The Balaban J connectivity index is 2.87. The lowest BCUT2D eigenvalue weighted by Crippen LogP contribution is -2.41. The number of nitrogens with one attached hydrogen (secondary N) is 2. The molecule has 0 fully saturated rings. The van der Waals surface area contributed by atoms with E-state index in [0.29, 0.717) is 18.6 Å². The van der Waals surface area contributed by atoms with Gasteiger partial charge in [0.05, 0.1) is 7.11 Å². The molecule has 0 aromatic heterocycles. The van der Waals surface area contributed by atoms with Gasteiger partial charge in [-0.3, -0.25) is 9.59 Å². The fourth-order valence-electron chi connectivity index (χ4n) is 2.24. The molecule has 0 aliphatic heterocycles. The van der Waals surface area contributed by atoms with Gasteiger partial charge in [0.15, 0.2) is 0 Å². The summed E-state index contributed by atoms with van der Waals surface area (Å²) >= 11 is 0. The molecular weight excluding hydrogens is 292 g/mol. The fraction of sp³-hybridized carbons (Fsp3) is 0.556. The van der Waals surface area contributed by atoms with Crippen molar-refractivity contribution in [2.75, 3.05) is 7.11 Å². The number of benzene rings is 1. The number of ether oxygens (including phenoxy) is 1. The van der Waals surface area contributed by atoms with Crippen LogP contribution in [0.1, 0.15) is 64.1 Å².